The Morgan fingerprint density at radius 1 is 0.295 bits per heavy atom. The zero-order valence-corrected chi connectivity index (χ0v) is 63.6. The van der Waals surface area contributed by atoms with Crippen molar-refractivity contribution < 1.29 is 80.2 Å². The number of rotatable bonds is 76. The van der Waals surface area contributed by atoms with E-state index in [1.165, 1.54) is 218 Å². The third-order valence-electron chi connectivity index (χ3n) is 18.1. The Hall–Kier alpha value is -1.94. The molecule has 6 atom stereocenters. The molecule has 0 saturated carbocycles. The van der Waals surface area contributed by atoms with Crippen LogP contribution in [0.5, 0.6) is 0 Å². The van der Waals surface area contributed by atoms with Gasteiger partial charge in [-0.1, -0.05) is 349 Å². The van der Waals surface area contributed by atoms with Crippen molar-refractivity contribution in [1.29, 1.82) is 0 Å². The van der Waals surface area contributed by atoms with E-state index in [9.17, 15) is 43.2 Å². The molecule has 0 rings (SSSR count). The average molecular weight is 1400 g/mol. The number of hydrogen-bond acceptors (Lipinski definition) is 15. The molecule has 3 unspecified atom stereocenters. The van der Waals surface area contributed by atoms with Crippen LogP contribution in [0.15, 0.2) is 0 Å². The molecule has 0 heterocycles. The van der Waals surface area contributed by atoms with E-state index in [-0.39, 0.29) is 25.7 Å². The lowest BCUT2D eigenvalue weighted by molar-refractivity contribution is -0.161. The first-order chi connectivity index (χ1) is 46.1. The number of unbranched alkanes of at least 4 members (excludes halogenated alkanes) is 47. The highest BCUT2D eigenvalue weighted by Crippen LogP contribution is 2.45. The second-order valence-corrected chi connectivity index (χ2v) is 30.5. The van der Waals surface area contributed by atoms with Crippen molar-refractivity contribution in [3.63, 3.8) is 0 Å². The van der Waals surface area contributed by atoms with E-state index in [0.717, 1.165) is 102 Å². The molecule has 3 N–H and O–H groups in total. The number of carbonyl (C=O) groups excluding carboxylic acids is 4. The normalized spacial score (nSPS) is 14.2. The number of phosphoric acid groups is 2. The van der Waals surface area contributed by atoms with Gasteiger partial charge < -0.3 is 33.8 Å². The van der Waals surface area contributed by atoms with E-state index in [0.29, 0.717) is 25.7 Å². The first-order valence-corrected chi connectivity index (χ1v) is 42.7. The lowest BCUT2D eigenvalue weighted by atomic mass is 9.99. The fourth-order valence-electron chi connectivity index (χ4n) is 11.7. The van der Waals surface area contributed by atoms with Crippen LogP contribution in [0.3, 0.4) is 0 Å². The van der Waals surface area contributed by atoms with Crippen LogP contribution in [0.25, 0.3) is 0 Å². The topological polar surface area (TPSA) is 237 Å². The Morgan fingerprint density at radius 3 is 0.747 bits per heavy atom. The number of ether oxygens (including phenoxy) is 4. The van der Waals surface area contributed by atoms with Crippen LogP contribution in [-0.2, 0) is 65.4 Å². The molecule has 0 aromatic rings. The zero-order valence-electron chi connectivity index (χ0n) is 61.8. The van der Waals surface area contributed by atoms with Crippen molar-refractivity contribution in [1.82, 2.24) is 0 Å². The molecule has 0 spiro atoms. The Bertz CT molecular complexity index is 1820. The van der Waals surface area contributed by atoms with Gasteiger partial charge in [0.1, 0.15) is 19.3 Å². The Morgan fingerprint density at radius 2 is 0.505 bits per heavy atom. The largest absolute Gasteiger partial charge is 0.472 e. The summed E-state index contributed by atoms with van der Waals surface area (Å²) in [5, 5.41) is 10.6. The highest BCUT2D eigenvalue weighted by atomic mass is 31.2. The molecule has 0 amide bonds. The minimum absolute atomic E-state index is 0.108. The number of hydrogen-bond donors (Lipinski definition) is 3. The summed E-state index contributed by atoms with van der Waals surface area (Å²) in [7, 11) is -9.91. The molecule has 0 aromatic carbocycles. The molecule has 0 fully saturated rings. The minimum Gasteiger partial charge on any atom is -0.462 e. The smallest absolute Gasteiger partial charge is 0.462 e. The molecule has 564 valence electrons. The quantitative estimate of drug-likeness (QED) is 0.0222. The van der Waals surface area contributed by atoms with E-state index in [4.69, 9.17) is 37.0 Å². The lowest BCUT2D eigenvalue weighted by Gasteiger charge is -2.21. The van der Waals surface area contributed by atoms with Gasteiger partial charge in [-0.3, -0.25) is 37.3 Å². The van der Waals surface area contributed by atoms with Crippen LogP contribution in [0.2, 0.25) is 0 Å². The fourth-order valence-corrected chi connectivity index (χ4v) is 13.3. The molecular formula is C76H148O17P2. The Kier molecular flexibility index (Phi) is 67.7. The lowest BCUT2D eigenvalue weighted by Crippen LogP contribution is -2.30. The van der Waals surface area contributed by atoms with E-state index >= 15 is 0 Å². The maximum atomic E-state index is 13.1. The minimum atomic E-state index is -4.96. The van der Waals surface area contributed by atoms with Gasteiger partial charge in [0.05, 0.1) is 26.4 Å². The molecule has 19 heteroatoms. The predicted molar refractivity (Wildman–Crippen MR) is 386 cm³/mol. The number of esters is 4. The number of aliphatic hydroxyl groups excluding tert-OH is 1. The van der Waals surface area contributed by atoms with Gasteiger partial charge in [-0.15, -0.1) is 0 Å². The van der Waals surface area contributed by atoms with Gasteiger partial charge in [-0.25, -0.2) is 9.13 Å². The fraction of sp³-hybridized carbons (Fsp3) is 0.947. The van der Waals surface area contributed by atoms with Crippen molar-refractivity contribution >= 4 is 39.5 Å². The third kappa shape index (κ3) is 69.0. The van der Waals surface area contributed by atoms with Crippen LogP contribution < -0.4 is 0 Å². The van der Waals surface area contributed by atoms with Gasteiger partial charge in [-0.2, -0.15) is 0 Å². The third-order valence-corrected chi connectivity index (χ3v) is 20.0. The van der Waals surface area contributed by atoms with Crippen molar-refractivity contribution in [2.45, 2.75) is 419 Å². The number of carbonyl (C=O) groups is 4. The molecule has 17 nitrogen and oxygen atoms in total. The number of phosphoric ester groups is 2. The summed E-state index contributed by atoms with van der Waals surface area (Å²) in [6, 6.07) is 0. The van der Waals surface area contributed by atoms with Crippen LogP contribution >= 0.6 is 15.6 Å². The van der Waals surface area contributed by atoms with E-state index in [2.05, 4.69) is 34.6 Å². The van der Waals surface area contributed by atoms with Crippen molar-refractivity contribution in [3.8, 4) is 0 Å². The van der Waals surface area contributed by atoms with Crippen LogP contribution in [0, 0.1) is 5.92 Å². The zero-order chi connectivity index (χ0) is 69.8. The van der Waals surface area contributed by atoms with Crippen molar-refractivity contribution in [2.24, 2.45) is 5.92 Å². The molecule has 0 saturated heterocycles. The van der Waals surface area contributed by atoms with Crippen LogP contribution in [-0.4, -0.2) is 96.7 Å². The summed E-state index contributed by atoms with van der Waals surface area (Å²) in [4.78, 5) is 72.7. The predicted octanol–water partition coefficient (Wildman–Crippen LogP) is 22.5. The summed E-state index contributed by atoms with van der Waals surface area (Å²) in [5.74, 6) is -1.31. The van der Waals surface area contributed by atoms with E-state index in [1.807, 2.05) is 0 Å². The summed E-state index contributed by atoms with van der Waals surface area (Å²) in [5.41, 5.74) is 0. The van der Waals surface area contributed by atoms with Crippen molar-refractivity contribution in [3.05, 3.63) is 0 Å². The molecule has 95 heavy (non-hydrogen) atoms. The molecule has 0 aromatic heterocycles. The van der Waals surface area contributed by atoms with Gasteiger partial charge >= 0.3 is 39.5 Å². The van der Waals surface area contributed by atoms with E-state index in [1.54, 1.807) is 0 Å². The van der Waals surface area contributed by atoms with Gasteiger partial charge in [0, 0.05) is 25.7 Å². The standard InChI is InChI=1S/C76H148O17P2/c1-6-10-13-16-19-22-24-26-28-29-30-31-32-34-36-42-47-52-57-62-76(81)93-72(66-87-74(79)60-55-50-45-40-38-37-39-43-48-53-58-69(5)9-4)68-91-95(84,85)89-64-70(77)63-88-94(82,83)90-67-71(65-86-73(78)59-54-49-44-21-18-15-12-8-3)92-75(80)61-56-51-46-41-35-33-27-25-23-20-17-14-11-7-2/h69-72,77H,6-68H2,1-5H3,(H,82,83)(H,84,85)/t69?,70-,71+,72+/m0/s1. The highest BCUT2D eigenvalue weighted by Gasteiger charge is 2.30. The maximum absolute atomic E-state index is 13.1. The first-order valence-electron chi connectivity index (χ1n) is 39.7. The summed E-state index contributed by atoms with van der Waals surface area (Å²) < 4.78 is 68.5. The monoisotopic (exact) mass is 1400 g/mol. The van der Waals surface area contributed by atoms with Crippen LogP contribution in [0.4, 0.5) is 0 Å². The summed E-state index contributed by atoms with van der Waals surface area (Å²) in [6.07, 6.45) is 58.2. The molecular weight excluding hydrogens is 1250 g/mol. The van der Waals surface area contributed by atoms with E-state index < -0.39 is 97.5 Å². The molecule has 0 aliphatic heterocycles. The second-order valence-electron chi connectivity index (χ2n) is 27.6. The van der Waals surface area contributed by atoms with Crippen LogP contribution in [0.1, 0.15) is 401 Å². The molecule has 0 radical (unpaired) electrons. The van der Waals surface area contributed by atoms with Gasteiger partial charge in [0.15, 0.2) is 12.2 Å². The van der Waals surface area contributed by atoms with Gasteiger partial charge in [0.2, 0.25) is 0 Å². The first kappa shape index (κ1) is 93.1. The Labute approximate surface area is 581 Å². The SMILES string of the molecule is CCCCCCCCCCCCCCCCCCCCCC(=O)O[C@H](COC(=O)CCCCCCCCCCCCC(C)CC)COP(=O)(O)OC[C@@H](O)COP(=O)(O)OC[C@@H](COC(=O)CCCCCCCCCC)OC(=O)CCCCCCCCCCCCCCCC. The van der Waals surface area contributed by atoms with Crippen molar-refractivity contribution in [2.75, 3.05) is 39.6 Å². The van der Waals surface area contributed by atoms with Gasteiger partial charge in [-0.05, 0) is 31.6 Å². The summed E-state index contributed by atoms with van der Waals surface area (Å²) >= 11 is 0. The second kappa shape index (κ2) is 69.2. The molecule has 0 aliphatic carbocycles. The Balaban J connectivity index is 5.21. The average Bonchev–Trinajstić information content (AvgIpc) is 1.98. The summed E-state index contributed by atoms with van der Waals surface area (Å²) in [6.45, 7) is 7.30. The number of aliphatic hydroxyl groups is 1. The van der Waals surface area contributed by atoms with Gasteiger partial charge in [0.25, 0.3) is 0 Å². The highest BCUT2D eigenvalue weighted by molar-refractivity contribution is 7.47. The molecule has 0 aliphatic rings. The maximum Gasteiger partial charge on any atom is 0.472 e. The molecule has 0 bridgehead atoms.